The fraction of sp³-hybridized carbons (Fsp3) is 0.368. The van der Waals surface area contributed by atoms with Gasteiger partial charge in [0.25, 0.3) is 10.0 Å². The molecule has 12 heteroatoms. The van der Waals surface area contributed by atoms with Crippen LogP contribution in [0.4, 0.5) is 28.9 Å². The fourth-order valence-electron chi connectivity index (χ4n) is 3.15. The molecule has 0 spiro atoms. The number of hydrogen-bond acceptors (Lipinski definition) is 6. The number of benzene rings is 2. The maximum atomic E-state index is 12.8. The van der Waals surface area contributed by atoms with E-state index in [1.54, 1.807) is 0 Å². The van der Waals surface area contributed by atoms with Crippen LogP contribution < -0.4 is 19.1 Å². The highest BCUT2D eigenvalue weighted by molar-refractivity contribution is 7.92. The molecule has 0 aromatic heterocycles. The number of hydrogen-bond donors (Lipinski definition) is 1. The number of rotatable bonds is 8. The monoisotopic (exact) mass is 463 g/mol. The van der Waals surface area contributed by atoms with E-state index in [0.717, 1.165) is 12.1 Å². The summed E-state index contributed by atoms with van der Waals surface area (Å²) < 4.78 is 87.7. The van der Waals surface area contributed by atoms with E-state index >= 15 is 0 Å². The number of halogens is 4. The summed E-state index contributed by atoms with van der Waals surface area (Å²) in [6.45, 7) is -3.84. The molecule has 1 saturated heterocycles. The van der Waals surface area contributed by atoms with Gasteiger partial charge in [0.1, 0.15) is 16.4 Å². The quantitative estimate of drug-likeness (QED) is 0.605. The molecule has 2 aromatic carbocycles. The number of nitrogens with one attached hydrogen (secondary N) is 1. The molecule has 0 unspecified atom stereocenters. The molecule has 1 fully saturated rings. The Morgan fingerprint density at radius 1 is 0.903 bits per heavy atom. The van der Waals surface area contributed by atoms with Gasteiger partial charge in [-0.05, 0) is 37.4 Å². The van der Waals surface area contributed by atoms with Crippen molar-refractivity contribution in [2.75, 3.05) is 42.8 Å². The zero-order chi connectivity index (χ0) is 22.6. The standard InChI is InChI=1S/C19H21F4N3O4S/c1-25-8-10-26(11-9-25)14-12-13(6-7-15(14)29-18(20)21)24-31(27,28)17-5-3-2-4-16(17)30-19(22)23/h2-7,12,18-19,24H,8-11H2,1H3. The van der Waals surface area contributed by atoms with Crippen LogP contribution in [0.25, 0.3) is 0 Å². The lowest BCUT2D eigenvalue weighted by molar-refractivity contribution is -0.0519. The number of nitrogens with zero attached hydrogens (tertiary/aromatic N) is 2. The molecule has 1 N–H and O–H groups in total. The smallest absolute Gasteiger partial charge is 0.387 e. The Balaban J connectivity index is 1.92. The molecule has 0 aliphatic carbocycles. The molecular weight excluding hydrogens is 442 g/mol. The number of anilines is 2. The number of para-hydroxylation sites is 1. The first-order valence-corrected chi connectivity index (χ1v) is 10.7. The van der Waals surface area contributed by atoms with Crippen LogP contribution in [0.1, 0.15) is 0 Å². The van der Waals surface area contributed by atoms with Gasteiger partial charge in [0.15, 0.2) is 0 Å². The summed E-state index contributed by atoms with van der Waals surface area (Å²) >= 11 is 0. The lowest BCUT2D eigenvalue weighted by atomic mass is 10.2. The van der Waals surface area contributed by atoms with Gasteiger partial charge in [0.2, 0.25) is 0 Å². The van der Waals surface area contributed by atoms with Crippen LogP contribution in [0.2, 0.25) is 0 Å². The van der Waals surface area contributed by atoms with Gasteiger partial charge >= 0.3 is 13.2 Å². The molecule has 0 atom stereocenters. The molecule has 2 aromatic rings. The fourth-order valence-corrected chi connectivity index (χ4v) is 4.33. The van der Waals surface area contributed by atoms with Crippen LogP contribution in [0.3, 0.4) is 0 Å². The number of likely N-dealkylation sites (N-methyl/N-ethyl adjacent to an activating group) is 1. The van der Waals surface area contributed by atoms with E-state index in [1.165, 1.54) is 30.3 Å². The van der Waals surface area contributed by atoms with E-state index in [4.69, 9.17) is 0 Å². The third-order valence-electron chi connectivity index (χ3n) is 4.63. The normalized spacial score (nSPS) is 15.4. The van der Waals surface area contributed by atoms with Crippen LogP contribution >= 0.6 is 0 Å². The first-order chi connectivity index (χ1) is 14.7. The van der Waals surface area contributed by atoms with Crippen molar-refractivity contribution in [1.82, 2.24) is 4.90 Å². The summed E-state index contributed by atoms with van der Waals surface area (Å²) in [6, 6.07) is 8.81. The van der Waals surface area contributed by atoms with Crippen molar-refractivity contribution >= 4 is 21.4 Å². The molecule has 31 heavy (non-hydrogen) atoms. The molecule has 3 rings (SSSR count). The van der Waals surface area contributed by atoms with Crippen LogP contribution in [-0.2, 0) is 10.0 Å². The number of piperazine rings is 1. The average Bonchev–Trinajstić information content (AvgIpc) is 2.69. The highest BCUT2D eigenvalue weighted by atomic mass is 32.2. The summed E-state index contributed by atoms with van der Waals surface area (Å²) in [5, 5.41) is 0. The summed E-state index contributed by atoms with van der Waals surface area (Å²) in [6.07, 6.45) is 0. The van der Waals surface area contributed by atoms with E-state index in [9.17, 15) is 26.0 Å². The van der Waals surface area contributed by atoms with E-state index in [2.05, 4.69) is 19.1 Å². The second-order valence-electron chi connectivity index (χ2n) is 6.78. The second-order valence-corrected chi connectivity index (χ2v) is 8.43. The summed E-state index contributed by atoms with van der Waals surface area (Å²) in [4.78, 5) is 3.39. The maximum absolute atomic E-state index is 12.8. The van der Waals surface area contributed by atoms with Crippen molar-refractivity contribution in [2.45, 2.75) is 18.1 Å². The molecule has 0 bridgehead atoms. The van der Waals surface area contributed by atoms with Crippen molar-refractivity contribution in [3.63, 3.8) is 0 Å². The Labute approximate surface area is 177 Å². The van der Waals surface area contributed by atoms with Gasteiger partial charge in [-0.2, -0.15) is 17.6 Å². The van der Waals surface area contributed by atoms with Crippen LogP contribution in [0.15, 0.2) is 47.4 Å². The van der Waals surface area contributed by atoms with Crippen molar-refractivity contribution < 1.29 is 35.5 Å². The molecule has 1 aliphatic rings. The minimum atomic E-state index is -4.31. The highest BCUT2D eigenvalue weighted by Gasteiger charge is 2.24. The Morgan fingerprint density at radius 3 is 2.16 bits per heavy atom. The van der Waals surface area contributed by atoms with E-state index in [0.29, 0.717) is 31.9 Å². The largest absolute Gasteiger partial charge is 0.433 e. The van der Waals surface area contributed by atoms with Gasteiger partial charge in [0.05, 0.1) is 11.4 Å². The SMILES string of the molecule is CN1CCN(c2cc(NS(=O)(=O)c3ccccc3OC(F)F)ccc2OC(F)F)CC1. The molecule has 1 heterocycles. The maximum Gasteiger partial charge on any atom is 0.387 e. The molecular formula is C19H21F4N3O4S. The van der Waals surface area contributed by atoms with E-state index in [1.807, 2.05) is 11.9 Å². The lowest BCUT2D eigenvalue weighted by Gasteiger charge is -2.35. The second kappa shape index (κ2) is 9.60. The summed E-state index contributed by atoms with van der Waals surface area (Å²) in [5.74, 6) is -0.606. The van der Waals surface area contributed by atoms with E-state index < -0.39 is 33.9 Å². The van der Waals surface area contributed by atoms with Crippen LogP contribution in [0, 0.1) is 0 Å². The van der Waals surface area contributed by atoms with Crippen molar-refractivity contribution in [1.29, 1.82) is 0 Å². The summed E-state index contributed by atoms with van der Waals surface area (Å²) in [7, 11) is -2.38. The molecule has 7 nitrogen and oxygen atoms in total. The zero-order valence-corrected chi connectivity index (χ0v) is 17.3. The molecule has 170 valence electrons. The van der Waals surface area contributed by atoms with Gasteiger partial charge < -0.3 is 19.3 Å². The van der Waals surface area contributed by atoms with Gasteiger partial charge in [-0.1, -0.05) is 12.1 Å². The number of alkyl halides is 4. The topological polar surface area (TPSA) is 71.1 Å². The van der Waals surface area contributed by atoms with Crippen LogP contribution in [0.5, 0.6) is 11.5 Å². The first kappa shape index (κ1) is 22.9. The predicted molar refractivity (Wildman–Crippen MR) is 107 cm³/mol. The number of sulfonamides is 1. The summed E-state index contributed by atoms with van der Waals surface area (Å²) in [5.41, 5.74) is 0.355. The molecule has 0 amide bonds. The van der Waals surface area contributed by atoms with Crippen molar-refractivity contribution in [2.24, 2.45) is 0 Å². The zero-order valence-electron chi connectivity index (χ0n) is 16.5. The number of ether oxygens (including phenoxy) is 2. The minimum Gasteiger partial charge on any atom is -0.433 e. The Morgan fingerprint density at radius 2 is 1.52 bits per heavy atom. The highest BCUT2D eigenvalue weighted by Crippen LogP contribution is 2.35. The Bertz CT molecular complexity index is 999. The average molecular weight is 463 g/mol. The third-order valence-corrected chi connectivity index (χ3v) is 6.05. The van der Waals surface area contributed by atoms with E-state index in [-0.39, 0.29) is 11.4 Å². The molecule has 1 aliphatic heterocycles. The van der Waals surface area contributed by atoms with Gasteiger partial charge in [-0.25, -0.2) is 8.42 Å². The van der Waals surface area contributed by atoms with Gasteiger partial charge in [0, 0.05) is 26.2 Å². The lowest BCUT2D eigenvalue weighted by Crippen LogP contribution is -2.44. The molecule has 0 saturated carbocycles. The van der Waals surface area contributed by atoms with Crippen LogP contribution in [-0.4, -0.2) is 59.8 Å². The Kier molecular flexibility index (Phi) is 7.11. The van der Waals surface area contributed by atoms with Crippen molar-refractivity contribution in [3.05, 3.63) is 42.5 Å². The predicted octanol–water partition coefficient (Wildman–Crippen LogP) is 3.44. The Hall–Kier alpha value is -2.73. The third kappa shape index (κ3) is 5.91. The van der Waals surface area contributed by atoms with Crippen molar-refractivity contribution in [3.8, 4) is 11.5 Å². The van der Waals surface area contributed by atoms with Gasteiger partial charge in [-0.15, -0.1) is 0 Å². The molecule has 0 radical (unpaired) electrons. The van der Waals surface area contributed by atoms with Gasteiger partial charge in [-0.3, -0.25) is 4.72 Å². The first-order valence-electron chi connectivity index (χ1n) is 9.25. The minimum absolute atomic E-state index is 0.0578.